The summed E-state index contributed by atoms with van der Waals surface area (Å²) in [5, 5.41) is 4.48. The van der Waals surface area contributed by atoms with Gasteiger partial charge in [0.05, 0.1) is 31.1 Å². The summed E-state index contributed by atoms with van der Waals surface area (Å²) < 4.78 is 20.2. The molecule has 0 saturated carbocycles. The van der Waals surface area contributed by atoms with E-state index in [-0.39, 0.29) is 6.10 Å². The molecular formula is C10H12N4O3S. The van der Waals surface area contributed by atoms with Crippen molar-refractivity contribution in [3.05, 3.63) is 11.5 Å². The van der Waals surface area contributed by atoms with Gasteiger partial charge in [-0.3, -0.25) is 0 Å². The van der Waals surface area contributed by atoms with Gasteiger partial charge in [-0.1, -0.05) is 5.16 Å². The fraction of sp³-hybridized carbons (Fsp3) is 0.500. The highest BCUT2D eigenvalue weighted by molar-refractivity contribution is 7.10. The molecule has 18 heavy (non-hydrogen) atoms. The molecular weight excluding hydrogens is 256 g/mol. The summed E-state index contributed by atoms with van der Waals surface area (Å²) in [5.41, 5.74) is 7.32. The van der Waals surface area contributed by atoms with E-state index in [0.29, 0.717) is 42.1 Å². The summed E-state index contributed by atoms with van der Waals surface area (Å²) in [7, 11) is 0. The van der Waals surface area contributed by atoms with Crippen molar-refractivity contribution in [1.82, 2.24) is 14.5 Å². The van der Waals surface area contributed by atoms with Crippen LogP contribution in [0.4, 0.5) is 5.00 Å². The molecule has 1 saturated heterocycles. The smallest absolute Gasteiger partial charge is 0.262 e. The fourth-order valence-electron chi connectivity index (χ4n) is 1.75. The molecule has 8 heteroatoms. The lowest BCUT2D eigenvalue weighted by Crippen LogP contribution is -2.22. The van der Waals surface area contributed by atoms with E-state index in [2.05, 4.69) is 14.5 Å². The third-order valence-corrected chi connectivity index (χ3v) is 3.41. The second-order valence-electron chi connectivity index (χ2n) is 3.90. The fourth-order valence-corrected chi connectivity index (χ4v) is 2.40. The number of aryl methyl sites for hydroxylation is 1. The maximum Gasteiger partial charge on any atom is 0.262 e. The molecule has 0 bridgehead atoms. The third-order valence-electron chi connectivity index (χ3n) is 2.65. The van der Waals surface area contributed by atoms with Crippen molar-refractivity contribution in [2.75, 3.05) is 25.6 Å². The van der Waals surface area contributed by atoms with E-state index in [1.165, 1.54) is 11.5 Å². The minimum absolute atomic E-state index is 0.274. The van der Waals surface area contributed by atoms with Crippen LogP contribution in [-0.4, -0.2) is 34.3 Å². The first-order chi connectivity index (χ1) is 8.75. The van der Waals surface area contributed by atoms with Crippen LogP contribution in [0.2, 0.25) is 0 Å². The molecule has 2 aromatic heterocycles. The molecule has 1 aliphatic rings. The molecule has 0 spiro atoms. The minimum Gasteiger partial charge on any atom is -0.389 e. The third kappa shape index (κ3) is 1.98. The van der Waals surface area contributed by atoms with Crippen LogP contribution in [0.15, 0.2) is 4.52 Å². The van der Waals surface area contributed by atoms with Gasteiger partial charge in [0.25, 0.3) is 5.89 Å². The highest BCUT2D eigenvalue weighted by Crippen LogP contribution is 2.32. The van der Waals surface area contributed by atoms with Crippen molar-refractivity contribution in [2.45, 2.75) is 13.0 Å². The van der Waals surface area contributed by atoms with Gasteiger partial charge in [0, 0.05) is 0 Å². The Bertz CT molecular complexity index is 528. The van der Waals surface area contributed by atoms with Gasteiger partial charge in [0.2, 0.25) is 5.82 Å². The molecule has 1 fully saturated rings. The Morgan fingerprint density at radius 3 is 2.94 bits per heavy atom. The number of nitrogen functional groups attached to an aromatic ring is 1. The van der Waals surface area contributed by atoms with Crippen molar-refractivity contribution in [1.29, 1.82) is 0 Å². The largest absolute Gasteiger partial charge is 0.389 e. The van der Waals surface area contributed by atoms with Gasteiger partial charge < -0.3 is 19.7 Å². The van der Waals surface area contributed by atoms with E-state index in [9.17, 15) is 0 Å². The van der Waals surface area contributed by atoms with Gasteiger partial charge in [0.15, 0.2) is 0 Å². The van der Waals surface area contributed by atoms with Crippen molar-refractivity contribution < 1.29 is 14.0 Å². The summed E-state index contributed by atoms with van der Waals surface area (Å²) in [4.78, 5) is 4.30. The van der Waals surface area contributed by atoms with E-state index >= 15 is 0 Å². The monoisotopic (exact) mass is 268 g/mol. The zero-order valence-electron chi connectivity index (χ0n) is 9.75. The van der Waals surface area contributed by atoms with Gasteiger partial charge in [-0.25, -0.2) is 0 Å². The summed E-state index contributed by atoms with van der Waals surface area (Å²) in [6, 6.07) is 0. The molecule has 0 radical (unpaired) electrons. The van der Waals surface area contributed by atoms with Gasteiger partial charge in [-0.05, 0) is 18.5 Å². The van der Waals surface area contributed by atoms with Gasteiger partial charge in [-0.15, -0.1) is 0 Å². The summed E-state index contributed by atoms with van der Waals surface area (Å²) in [6.45, 7) is 3.43. The van der Waals surface area contributed by atoms with Crippen LogP contribution in [0.25, 0.3) is 11.5 Å². The predicted molar refractivity (Wildman–Crippen MR) is 64.1 cm³/mol. The highest BCUT2D eigenvalue weighted by Gasteiger charge is 2.24. The van der Waals surface area contributed by atoms with Gasteiger partial charge >= 0.3 is 0 Å². The predicted octanol–water partition coefficient (Wildman–Crippen LogP) is 1.17. The molecule has 1 atom stereocenters. The van der Waals surface area contributed by atoms with Crippen LogP contribution in [0, 0.1) is 6.92 Å². The van der Waals surface area contributed by atoms with Crippen LogP contribution in [-0.2, 0) is 9.47 Å². The maximum absolute atomic E-state index is 5.83. The SMILES string of the molecule is Cc1nsc(N)c1-c1nc(C2COCCO2)no1. The number of nitrogens with two attached hydrogens (primary N) is 1. The molecule has 1 aliphatic heterocycles. The summed E-state index contributed by atoms with van der Waals surface area (Å²) in [6.07, 6.45) is -0.274. The second kappa shape index (κ2) is 4.63. The zero-order chi connectivity index (χ0) is 12.5. The minimum atomic E-state index is -0.274. The molecule has 2 N–H and O–H groups in total. The quantitative estimate of drug-likeness (QED) is 0.873. The van der Waals surface area contributed by atoms with Crippen LogP contribution in [0.5, 0.6) is 0 Å². The number of aromatic nitrogens is 3. The van der Waals surface area contributed by atoms with Crippen LogP contribution in [0.1, 0.15) is 17.6 Å². The first-order valence-electron chi connectivity index (χ1n) is 5.51. The Hall–Kier alpha value is -1.51. The Balaban J connectivity index is 1.89. The van der Waals surface area contributed by atoms with Crippen molar-refractivity contribution in [2.24, 2.45) is 0 Å². The number of hydrogen-bond acceptors (Lipinski definition) is 8. The standard InChI is InChI=1S/C10H12N4O3S/c1-5-7(8(11)18-14-5)10-12-9(13-17-10)6-4-15-2-3-16-6/h6H,2-4,11H2,1H3. The van der Waals surface area contributed by atoms with Gasteiger partial charge in [-0.2, -0.15) is 9.36 Å². The Morgan fingerprint density at radius 1 is 1.39 bits per heavy atom. The molecule has 0 aliphatic carbocycles. The molecule has 0 amide bonds. The lowest BCUT2D eigenvalue weighted by Gasteiger charge is -2.19. The number of rotatable bonds is 2. The molecule has 0 aromatic carbocycles. The van der Waals surface area contributed by atoms with E-state index in [0.717, 1.165) is 5.69 Å². The van der Waals surface area contributed by atoms with Gasteiger partial charge in [0.1, 0.15) is 11.1 Å². The molecule has 7 nitrogen and oxygen atoms in total. The van der Waals surface area contributed by atoms with Crippen molar-refractivity contribution >= 4 is 16.5 Å². The highest BCUT2D eigenvalue weighted by atomic mass is 32.1. The average molecular weight is 268 g/mol. The molecule has 1 unspecified atom stereocenters. The summed E-state index contributed by atoms with van der Waals surface area (Å²) in [5.74, 6) is 0.859. The summed E-state index contributed by atoms with van der Waals surface area (Å²) >= 11 is 1.21. The van der Waals surface area contributed by atoms with Crippen molar-refractivity contribution in [3.63, 3.8) is 0 Å². The Labute approximate surface area is 107 Å². The average Bonchev–Trinajstić information content (AvgIpc) is 2.98. The second-order valence-corrected chi connectivity index (χ2v) is 4.70. The Kier molecular flexibility index (Phi) is 2.98. The normalized spacial score (nSPS) is 20.2. The lowest BCUT2D eigenvalue weighted by atomic mass is 10.2. The van der Waals surface area contributed by atoms with E-state index in [4.69, 9.17) is 19.7 Å². The first kappa shape index (κ1) is 11.6. The number of ether oxygens (including phenoxy) is 2. The molecule has 3 heterocycles. The Morgan fingerprint density at radius 2 is 2.28 bits per heavy atom. The van der Waals surface area contributed by atoms with E-state index < -0.39 is 0 Å². The zero-order valence-corrected chi connectivity index (χ0v) is 10.6. The first-order valence-corrected chi connectivity index (χ1v) is 6.28. The van der Waals surface area contributed by atoms with E-state index in [1.807, 2.05) is 6.92 Å². The lowest BCUT2D eigenvalue weighted by molar-refractivity contribution is -0.0941. The number of nitrogens with zero attached hydrogens (tertiary/aromatic N) is 3. The van der Waals surface area contributed by atoms with Crippen molar-refractivity contribution in [3.8, 4) is 11.5 Å². The van der Waals surface area contributed by atoms with Crippen LogP contribution < -0.4 is 5.73 Å². The molecule has 3 rings (SSSR count). The topological polar surface area (TPSA) is 96.3 Å². The molecule has 96 valence electrons. The number of hydrogen-bond donors (Lipinski definition) is 1. The van der Waals surface area contributed by atoms with Crippen LogP contribution in [0.3, 0.4) is 0 Å². The maximum atomic E-state index is 5.83. The van der Waals surface area contributed by atoms with Crippen LogP contribution >= 0.6 is 11.5 Å². The number of anilines is 1. The molecule has 2 aromatic rings. The van der Waals surface area contributed by atoms with E-state index in [1.54, 1.807) is 0 Å².